The molecule has 0 radical (unpaired) electrons. The molecule has 1 saturated carbocycles. The Morgan fingerprint density at radius 2 is 1.44 bits per heavy atom. The standard InChI is InChI=1S/C15H29N/c1-15(2,3)16-11-10-13-8-6-4-5-7-9-14(13)12-16/h13-14H,4-12H2,1-3H3/t13-,14-/m1/s1. The predicted molar refractivity (Wildman–Crippen MR) is 70.6 cm³/mol. The van der Waals surface area contributed by atoms with E-state index >= 15 is 0 Å². The largest absolute Gasteiger partial charge is 0.298 e. The molecular weight excluding hydrogens is 194 g/mol. The molecule has 2 fully saturated rings. The molecule has 0 N–H and O–H groups in total. The maximum absolute atomic E-state index is 2.72. The molecule has 0 unspecified atom stereocenters. The molecule has 1 aliphatic carbocycles. The normalized spacial score (nSPS) is 33.9. The Hall–Kier alpha value is -0.0400. The lowest BCUT2D eigenvalue weighted by Gasteiger charge is -2.45. The zero-order valence-electron chi connectivity index (χ0n) is 11.5. The maximum atomic E-state index is 2.72. The van der Waals surface area contributed by atoms with E-state index in [1.807, 2.05) is 0 Å². The second kappa shape index (κ2) is 5.08. The number of hydrogen-bond donors (Lipinski definition) is 0. The van der Waals surface area contributed by atoms with Crippen molar-refractivity contribution in [3.05, 3.63) is 0 Å². The van der Waals surface area contributed by atoms with Crippen molar-refractivity contribution < 1.29 is 0 Å². The zero-order chi connectivity index (χ0) is 11.6. The van der Waals surface area contributed by atoms with Crippen LogP contribution in [0.25, 0.3) is 0 Å². The number of hydrogen-bond acceptors (Lipinski definition) is 1. The highest BCUT2D eigenvalue weighted by Gasteiger charge is 2.33. The minimum atomic E-state index is 0.382. The van der Waals surface area contributed by atoms with Gasteiger partial charge in [0, 0.05) is 12.1 Å². The number of fused-ring (bicyclic) bond motifs is 1. The van der Waals surface area contributed by atoms with Crippen LogP contribution < -0.4 is 0 Å². The lowest BCUT2D eigenvalue weighted by Crippen LogP contribution is -2.49. The highest BCUT2D eigenvalue weighted by Crippen LogP contribution is 2.36. The van der Waals surface area contributed by atoms with E-state index in [0.29, 0.717) is 5.54 Å². The summed E-state index contributed by atoms with van der Waals surface area (Å²) >= 11 is 0. The predicted octanol–water partition coefficient (Wildman–Crippen LogP) is 4.08. The van der Waals surface area contributed by atoms with Crippen LogP contribution in [0.3, 0.4) is 0 Å². The Morgan fingerprint density at radius 3 is 2.06 bits per heavy atom. The summed E-state index contributed by atoms with van der Waals surface area (Å²) in [7, 11) is 0. The van der Waals surface area contributed by atoms with Crippen LogP contribution in [0.4, 0.5) is 0 Å². The van der Waals surface area contributed by atoms with Gasteiger partial charge in [-0.05, 0) is 52.0 Å². The third-order valence-electron chi connectivity index (χ3n) is 4.74. The van der Waals surface area contributed by atoms with E-state index in [0.717, 1.165) is 11.8 Å². The number of piperidine rings is 1. The molecule has 1 heteroatoms. The van der Waals surface area contributed by atoms with E-state index in [9.17, 15) is 0 Å². The van der Waals surface area contributed by atoms with E-state index in [-0.39, 0.29) is 0 Å². The highest BCUT2D eigenvalue weighted by molar-refractivity contribution is 4.87. The van der Waals surface area contributed by atoms with Crippen LogP contribution >= 0.6 is 0 Å². The molecule has 1 saturated heterocycles. The first-order valence-electron chi connectivity index (χ1n) is 7.32. The van der Waals surface area contributed by atoms with Crippen molar-refractivity contribution in [2.24, 2.45) is 11.8 Å². The van der Waals surface area contributed by atoms with Crippen LogP contribution in [0.2, 0.25) is 0 Å². The number of likely N-dealkylation sites (tertiary alicyclic amines) is 1. The Bertz CT molecular complexity index is 216. The van der Waals surface area contributed by atoms with E-state index in [2.05, 4.69) is 25.7 Å². The fourth-order valence-electron chi connectivity index (χ4n) is 3.56. The van der Waals surface area contributed by atoms with Crippen molar-refractivity contribution in [3.8, 4) is 0 Å². The molecule has 1 nitrogen and oxygen atoms in total. The van der Waals surface area contributed by atoms with Gasteiger partial charge in [0.15, 0.2) is 0 Å². The Labute approximate surface area is 102 Å². The monoisotopic (exact) mass is 223 g/mol. The Balaban J connectivity index is 1.95. The average Bonchev–Trinajstić information content (AvgIpc) is 2.16. The molecule has 0 bridgehead atoms. The minimum Gasteiger partial charge on any atom is -0.298 e. The fourth-order valence-corrected chi connectivity index (χ4v) is 3.56. The molecule has 0 spiro atoms. The van der Waals surface area contributed by atoms with Crippen LogP contribution in [-0.2, 0) is 0 Å². The molecular formula is C15H29N. The number of rotatable bonds is 0. The highest BCUT2D eigenvalue weighted by atomic mass is 15.2. The first-order valence-corrected chi connectivity index (χ1v) is 7.32. The molecule has 1 aliphatic heterocycles. The summed E-state index contributed by atoms with van der Waals surface area (Å²) in [5, 5.41) is 0. The van der Waals surface area contributed by atoms with Crippen LogP contribution in [0, 0.1) is 11.8 Å². The van der Waals surface area contributed by atoms with Gasteiger partial charge in [0.25, 0.3) is 0 Å². The molecule has 0 amide bonds. The number of nitrogens with zero attached hydrogens (tertiary/aromatic N) is 1. The van der Waals surface area contributed by atoms with Gasteiger partial charge in [-0.1, -0.05) is 32.1 Å². The van der Waals surface area contributed by atoms with E-state index in [1.165, 1.54) is 58.0 Å². The van der Waals surface area contributed by atoms with Gasteiger partial charge in [-0.25, -0.2) is 0 Å². The molecule has 0 aromatic carbocycles. The van der Waals surface area contributed by atoms with Crippen LogP contribution in [0.1, 0.15) is 65.7 Å². The average molecular weight is 223 g/mol. The van der Waals surface area contributed by atoms with Crippen molar-refractivity contribution in [3.63, 3.8) is 0 Å². The summed E-state index contributed by atoms with van der Waals surface area (Å²) in [5.41, 5.74) is 0.382. The summed E-state index contributed by atoms with van der Waals surface area (Å²) in [6.45, 7) is 9.82. The van der Waals surface area contributed by atoms with E-state index in [4.69, 9.17) is 0 Å². The third-order valence-corrected chi connectivity index (χ3v) is 4.74. The summed E-state index contributed by atoms with van der Waals surface area (Å²) in [6, 6.07) is 0. The molecule has 0 aromatic rings. The van der Waals surface area contributed by atoms with Gasteiger partial charge >= 0.3 is 0 Å². The van der Waals surface area contributed by atoms with Gasteiger partial charge in [0.2, 0.25) is 0 Å². The second-order valence-electron chi connectivity index (χ2n) is 6.92. The van der Waals surface area contributed by atoms with Crippen molar-refractivity contribution in [2.75, 3.05) is 13.1 Å². The smallest absolute Gasteiger partial charge is 0.0125 e. The second-order valence-corrected chi connectivity index (χ2v) is 6.92. The van der Waals surface area contributed by atoms with Crippen LogP contribution in [-0.4, -0.2) is 23.5 Å². The lowest BCUT2D eigenvalue weighted by atomic mass is 9.76. The molecule has 2 rings (SSSR count). The van der Waals surface area contributed by atoms with Gasteiger partial charge in [-0.3, -0.25) is 4.90 Å². The quantitative estimate of drug-likeness (QED) is 0.598. The zero-order valence-corrected chi connectivity index (χ0v) is 11.5. The minimum absolute atomic E-state index is 0.382. The van der Waals surface area contributed by atoms with Gasteiger partial charge < -0.3 is 0 Å². The third kappa shape index (κ3) is 3.00. The SMILES string of the molecule is CC(C)(C)N1CC[C@H]2CCCCCC[C@@H]2C1. The molecule has 16 heavy (non-hydrogen) atoms. The van der Waals surface area contributed by atoms with Crippen LogP contribution in [0.15, 0.2) is 0 Å². The summed E-state index contributed by atoms with van der Waals surface area (Å²) in [4.78, 5) is 2.72. The van der Waals surface area contributed by atoms with Gasteiger partial charge in [-0.15, -0.1) is 0 Å². The molecule has 2 aliphatic rings. The summed E-state index contributed by atoms with van der Waals surface area (Å²) in [5.74, 6) is 2.06. The molecule has 1 heterocycles. The van der Waals surface area contributed by atoms with Crippen molar-refractivity contribution in [2.45, 2.75) is 71.3 Å². The van der Waals surface area contributed by atoms with E-state index in [1.54, 1.807) is 0 Å². The maximum Gasteiger partial charge on any atom is 0.0125 e. The molecule has 2 atom stereocenters. The first-order chi connectivity index (χ1) is 7.57. The van der Waals surface area contributed by atoms with Crippen molar-refractivity contribution in [1.29, 1.82) is 0 Å². The summed E-state index contributed by atoms with van der Waals surface area (Å²) < 4.78 is 0. The van der Waals surface area contributed by atoms with Crippen molar-refractivity contribution in [1.82, 2.24) is 4.90 Å². The van der Waals surface area contributed by atoms with Gasteiger partial charge in [0.05, 0.1) is 0 Å². The molecule has 0 aromatic heterocycles. The van der Waals surface area contributed by atoms with Gasteiger partial charge in [-0.2, -0.15) is 0 Å². The molecule has 94 valence electrons. The summed E-state index contributed by atoms with van der Waals surface area (Å²) in [6.07, 6.45) is 10.4. The fraction of sp³-hybridized carbons (Fsp3) is 1.00. The Morgan fingerprint density at radius 1 is 0.812 bits per heavy atom. The van der Waals surface area contributed by atoms with E-state index < -0.39 is 0 Å². The topological polar surface area (TPSA) is 3.24 Å². The first kappa shape index (κ1) is 12.4. The van der Waals surface area contributed by atoms with Crippen LogP contribution in [0.5, 0.6) is 0 Å². The van der Waals surface area contributed by atoms with Gasteiger partial charge in [0.1, 0.15) is 0 Å². The lowest BCUT2D eigenvalue weighted by molar-refractivity contribution is 0.0360. The van der Waals surface area contributed by atoms with Crippen molar-refractivity contribution >= 4 is 0 Å². The Kier molecular flexibility index (Phi) is 3.94.